The van der Waals surface area contributed by atoms with Crippen molar-refractivity contribution in [3.05, 3.63) is 65.7 Å². The molecule has 30 heavy (non-hydrogen) atoms. The number of rotatable bonds is 7. The molecule has 4 rings (SSSR count). The average molecular weight is 407 g/mol. The number of hydrogen-bond acceptors (Lipinski definition) is 4. The minimum Gasteiger partial charge on any atom is -0.465 e. The van der Waals surface area contributed by atoms with Gasteiger partial charge in [0.1, 0.15) is 0 Å². The normalized spacial score (nSPS) is 20.4. The van der Waals surface area contributed by atoms with E-state index in [2.05, 4.69) is 34.5 Å². The van der Waals surface area contributed by atoms with Crippen molar-refractivity contribution in [3.8, 4) is 0 Å². The highest BCUT2D eigenvalue weighted by molar-refractivity contribution is 5.93. The number of amides is 1. The van der Waals surface area contributed by atoms with E-state index < -0.39 is 5.41 Å². The molecule has 5 nitrogen and oxygen atoms in total. The highest BCUT2D eigenvalue weighted by Gasteiger charge is 2.52. The number of nitrogens with zero attached hydrogens (tertiary/aromatic N) is 1. The molecule has 5 heteroatoms. The number of carbonyl (C=O) groups is 2. The van der Waals surface area contributed by atoms with Crippen molar-refractivity contribution in [3.63, 3.8) is 0 Å². The van der Waals surface area contributed by atoms with Gasteiger partial charge in [-0.2, -0.15) is 0 Å². The van der Waals surface area contributed by atoms with E-state index in [-0.39, 0.29) is 17.8 Å². The number of likely N-dealkylation sites (tertiary alicyclic amines) is 1. The third-order valence-electron chi connectivity index (χ3n) is 6.25. The Balaban J connectivity index is 1.34. The Morgan fingerprint density at radius 1 is 1.10 bits per heavy atom. The lowest BCUT2D eigenvalue weighted by atomic mass is 9.95. The number of benzene rings is 2. The Morgan fingerprint density at radius 3 is 2.50 bits per heavy atom. The first kappa shape index (κ1) is 20.6. The maximum atomic E-state index is 12.8. The lowest BCUT2D eigenvalue weighted by Crippen LogP contribution is -2.40. The molecule has 0 aromatic heterocycles. The molecule has 1 aliphatic carbocycles. The second-order valence-electron chi connectivity index (χ2n) is 8.43. The van der Waals surface area contributed by atoms with Crippen LogP contribution in [0.5, 0.6) is 0 Å². The number of nitrogens with one attached hydrogen (secondary N) is 1. The van der Waals surface area contributed by atoms with E-state index >= 15 is 0 Å². The van der Waals surface area contributed by atoms with Gasteiger partial charge in [-0.3, -0.25) is 14.5 Å². The van der Waals surface area contributed by atoms with Crippen LogP contribution in [0.15, 0.2) is 54.6 Å². The molecule has 1 atom stereocenters. The summed E-state index contributed by atoms with van der Waals surface area (Å²) < 4.78 is 5.24. The van der Waals surface area contributed by atoms with Gasteiger partial charge in [-0.1, -0.05) is 42.5 Å². The molecule has 0 spiro atoms. The summed E-state index contributed by atoms with van der Waals surface area (Å²) in [5.41, 5.74) is 2.57. The first-order chi connectivity index (χ1) is 14.6. The third-order valence-corrected chi connectivity index (χ3v) is 6.25. The fourth-order valence-corrected chi connectivity index (χ4v) is 4.38. The van der Waals surface area contributed by atoms with Crippen molar-refractivity contribution in [2.24, 2.45) is 5.92 Å². The topological polar surface area (TPSA) is 58.6 Å². The molecule has 0 radical (unpaired) electrons. The Morgan fingerprint density at radius 2 is 1.83 bits per heavy atom. The number of hydrogen-bond donors (Lipinski definition) is 1. The summed E-state index contributed by atoms with van der Waals surface area (Å²) in [5, 5.41) is 3.07. The molecule has 1 saturated heterocycles. The Labute approximate surface area is 178 Å². The molecule has 2 aromatic carbocycles. The van der Waals surface area contributed by atoms with E-state index in [1.165, 1.54) is 5.56 Å². The van der Waals surface area contributed by atoms with Crippen LogP contribution in [-0.4, -0.2) is 36.5 Å². The van der Waals surface area contributed by atoms with Crippen LogP contribution in [0.4, 0.5) is 5.69 Å². The van der Waals surface area contributed by atoms with Crippen LogP contribution in [0.2, 0.25) is 0 Å². The van der Waals surface area contributed by atoms with E-state index in [0.717, 1.165) is 56.6 Å². The number of esters is 1. The summed E-state index contributed by atoms with van der Waals surface area (Å²) in [6.45, 7) is 4.93. The van der Waals surface area contributed by atoms with Crippen LogP contribution in [0, 0.1) is 5.92 Å². The molecular weight excluding hydrogens is 376 g/mol. The SMILES string of the molecule is CCOC(=O)C1(c2ccc(NC(=O)[C@@H]3CCCN(Cc4ccccc4)C3)cc2)CC1. The number of ether oxygens (including phenoxy) is 1. The second kappa shape index (κ2) is 9.00. The van der Waals surface area contributed by atoms with Crippen molar-refractivity contribution in [1.82, 2.24) is 4.90 Å². The minimum absolute atomic E-state index is 0.00329. The predicted molar refractivity (Wildman–Crippen MR) is 117 cm³/mol. The molecule has 2 aliphatic rings. The highest BCUT2D eigenvalue weighted by atomic mass is 16.5. The van der Waals surface area contributed by atoms with Crippen molar-refractivity contribution >= 4 is 17.6 Å². The summed E-state index contributed by atoms with van der Waals surface area (Å²) in [7, 11) is 0. The fraction of sp³-hybridized carbons (Fsp3) is 0.440. The van der Waals surface area contributed by atoms with E-state index in [1.54, 1.807) is 0 Å². The lowest BCUT2D eigenvalue weighted by molar-refractivity contribution is -0.146. The van der Waals surface area contributed by atoms with Gasteiger partial charge in [-0.05, 0) is 62.4 Å². The molecule has 2 aromatic rings. The van der Waals surface area contributed by atoms with Gasteiger partial charge < -0.3 is 10.1 Å². The quantitative estimate of drug-likeness (QED) is 0.703. The molecule has 158 valence electrons. The molecule has 1 aliphatic heterocycles. The molecule has 1 amide bonds. The largest absolute Gasteiger partial charge is 0.465 e. The van der Waals surface area contributed by atoms with E-state index in [1.807, 2.05) is 37.3 Å². The molecule has 1 heterocycles. The van der Waals surface area contributed by atoms with Crippen molar-refractivity contribution in [2.45, 2.75) is 44.6 Å². The second-order valence-corrected chi connectivity index (χ2v) is 8.43. The molecule has 1 saturated carbocycles. The summed E-state index contributed by atoms with van der Waals surface area (Å²) in [6, 6.07) is 18.1. The smallest absolute Gasteiger partial charge is 0.316 e. The maximum absolute atomic E-state index is 12.8. The van der Waals surface area contributed by atoms with Crippen LogP contribution in [0.1, 0.15) is 43.7 Å². The van der Waals surface area contributed by atoms with Crippen LogP contribution < -0.4 is 5.32 Å². The molecular formula is C25H30N2O3. The third kappa shape index (κ3) is 4.57. The fourth-order valence-electron chi connectivity index (χ4n) is 4.38. The molecule has 2 fully saturated rings. The zero-order valence-corrected chi connectivity index (χ0v) is 17.6. The van der Waals surface area contributed by atoms with Gasteiger partial charge in [-0.15, -0.1) is 0 Å². The number of piperidine rings is 1. The highest BCUT2D eigenvalue weighted by Crippen LogP contribution is 2.49. The Kier molecular flexibility index (Phi) is 6.18. The Hall–Kier alpha value is -2.66. The van der Waals surface area contributed by atoms with Crippen LogP contribution in [0.25, 0.3) is 0 Å². The standard InChI is InChI=1S/C25H30N2O3/c1-2-30-24(29)25(14-15-25)21-10-12-22(13-11-21)26-23(28)20-9-6-16-27(18-20)17-19-7-4-3-5-8-19/h3-5,7-8,10-13,20H,2,6,9,14-18H2,1H3,(H,26,28)/t20-/m1/s1. The molecule has 1 N–H and O–H groups in total. The van der Waals surface area contributed by atoms with Gasteiger partial charge in [0.2, 0.25) is 5.91 Å². The van der Waals surface area contributed by atoms with E-state index in [4.69, 9.17) is 4.74 Å². The molecule has 0 unspecified atom stereocenters. The Bertz CT molecular complexity index is 875. The van der Waals surface area contributed by atoms with E-state index in [9.17, 15) is 9.59 Å². The van der Waals surface area contributed by atoms with Gasteiger partial charge in [0, 0.05) is 18.8 Å². The van der Waals surface area contributed by atoms with E-state index in [0.29, 0.717) is 6.61 Å². The van der Waals surface area contributed by atoms with Crippen LogP contribution >= 0.6 is 0 Å². The first-order valence-electron chi connectivity index (χ1n) is 11.0. The summed E-state index contributed by atoms with van der Waals surface area (Å²) in [6.07, 6.45) is 3.61. The van der Waals surface area contributed by atoms with Crippen LogP contribution in [-0.2, 0) is 26.3 Å². The zero-order valence-electron chi connectivity index (χ0n) is 17.6. The van der Waals surface area contributed by atoms with Gasteiger partial charge >= 0.3 is 5.97 Å². The van der Waals surface area contributed by atoms with Crippen molar-refractivity contribution < 1.29 is 14.3 Å². The van der Waals surface area contributed by atoms with Gasteiger partial charge in [0.05, 0.1) is 17.9 Å². The summed E-state index contributed by atoms with van der Waals surface area (Å²) >= 11 is 0. The molecule has 0 bridgehead atoms. The predicted octanol–water partition coefficient (Wildman–Crippen LogP) is 4.13. The maximum Gasteiger partial charge on any atom is 0.316 e. The lowest BCUT2D eigenvalue weighted by Gasteiger charge is -2.32. The summed E-state index contributed by atoms with van der Waals surface area (Å²) in [5.74, 6) is -0.0639. The minimum atomic E-state index is -0.472. The van der Waals surface area contributed by atoms with Gasteiger partial charge in [0.25, 0.3) is 0 Å². The summed E-state index contributed by atoms with van der Waals surface area (Å²) in [4.78, 5) is 27.5. The van der Waals surface area contributed by atoms with Crippen LogP contribution in [0.3, 0.4) is 0 Å². The van der Waals surface area contributed by atoms with Gasteiger partial charge in [0.15, 0.2) is 0 Å². The first-order valence-corrected chi connectivity index (χ1v) is 11.0. The number of anilines is 1. The van der Waals surface area contributed by atoms with Crippen molar-refractivity contribution in [1.29, 1.82) is 0 Å². The number of carbonyl (C=O) groups excluding carboxylic acids is 2. The zero-order chi connectivity index (χ0) is 21.0. The van der Waals surface area contributed by atoms with Gasteiger partial charge in [-0.25, -0.2) is 0 Å². The monoisotopic (exact) mass is 406 g/mol. The van der Waals surface area contributed by atoms with Crippen molar-refractivity contribution in [2.75, 3.05) is 25.0 Å². The average Bonchev–Trinajstić information content (AvgIpc) is 3.58.